The fourth-order valence-electron chi connectivity index (χ4n) is 2.67. The molecule has 0 N–H and O–H groups in total. The Morgan fingerprint density at radius 1 is 0.520 bits per heavy atom. The van der Waals surface area contributed by atoms with Crippen LogP contribution >= 0.6 is 0 Å². The van der Waals surface area contributed by atoms with Crippen LogP contribution in [0.1, 0.15) is 76.3 Å². The minimum atomic E-state index is 0. The van der Waals surface area contributed by atoms with Gasteiger partial charge < -0.3 is 24.8 Å². The minimum Gasteiger partial charge on any atom is -1.00 e. The molecule has 0 unspecified atom stereocenters. The van der Waals surface area contributed by atoms with Gasteiger partial charge in [0.15, 0.2) is 0 Å². The summed E-state index contributed by atoms with van der Waals surface area (Å²) < 4.78 is 0. The summed E-state index contributed by atoms with van der Waals surface area (Å²) in [5.74, 6) is 0. The van der Waals surface area contributed by atoms with Gasteiger partial charge in [-0.1, -0.05) is 78.1 Å². The van der Waals surface area contributed by atoms with Crippen LogP contribution in [0, 0.1) is 0 Å². The van der Waals surface area contributed by atoms with Crippen molar-refractivity contribution in [3.63, 3.8) is 0 Å². The average Bonchev–Trinajstić information content (AvgIpc) is 3.22. The molecule has 0 radical (unpaired) electrons. The third-order valence-corrected chi connectivity index (χ3v) is 4.10. The van der Waals surface area contributed by atoms with Gasteiger partial charge >= 0.3 is 25.8 Å². The Balaban J connectivity index is -0.000000346. The first-order valence-corrected chi connectivity index (χ1v) is 9.28. The van der Waals surface area contributed by atoms with Crippen molar-refractivity contribution in [2.75, 3.05) is 0 Å². The van der Waals surface area contributed by atoms with Crippen molar-refractivity contribution in [3.05, 3.63) is 59.7 Å². The molecule has 0 amide bonds. The Kier molecular flexibility index (Phi) is 26.5. The third-order valence-electron chi connectivity index (χ3n) is 4.10. The number of unbranched alkanes of at least 4 members (excludes halogenated alkanes) is 6. The quantitative estimate of drug-likeness (QED) is 0.237. The number of aryl methyl sites for hydroxylation is 2. The molecule has 25 heavy (non-hydrogen) atoms. The smallest absolute Gasteiger partial charge is 1.00 e. The molecule has 0 nitrogen and oxygen atoms in total. The Morgan fingerprint density at radius 3 is 1.12 bits per heavy atom. The number of hydrogen-bond acceptors (Lipinski definition) is 0. The Labute approximate surface area is 187 Å². The largest absolute Gasteiger partial charge is 4.00 e. The van der Waals surface area contributed by atoms with E-state index in [4.69, 9.17) is 0 Å². The maximum atomic E-state index is 2.25. The van der Waals surface area contributed by atoms with Crippen molar-refractivity contribution in [3.8, 4) is 0 Å². The molecule has 0 atom stereocenters. The normalized spacial score (nSPS) is 9.04. The maximum Gasteiger partial charge on any atom is 4.00 e. The van der Waals surface area contributed by atoms with Gasteiger partial charge in [0, 0.05) is 0 Å². The average molecular weight is 548 g/mol. The van der Waals surface area contributed by atoms with E-state index in [1.807, 2.05) is 0 Å². The standard InChI is InChI=1S/2C11H17.2ClH.Hf/c2*1-2-3-4-5-8-11-9-6-7-10-11;;;/h2*6-7,9-10H,2-5,8H2,1H3;2*1H;/q2*-1;;;+4/p-2. The molecule has 2 aromatic rings. The van der Waals surface area contributed by atoms with Gasteiger partial charge in [-0.05, 0) is 0 Å². The SMILES string of the molecule is CCCCCC[c-]1cccc1.CCCCCC[c-]1cccc1.[Cl-].[Cl-].[Hf+4]. The van der Waals surface area contributed by atoms with Gasteiger partial charge in [-0.2, -0.15) is 35.4 Å². The Morgan fingerprint density at radius 2 is 0.840 bits per heavy atom. The van der Waals surface area contributed by atoms with Gasteiger partial charge in [-0.3, -0.25) is 0 Å². The van der Waals surface area contributed by atoms with E-state index < -0.39 is 0 Å². The summed E-state index contributed by atoms with van der Waals surface area (Å²) in [5.41, 5.74) is 3.00. The summed E-state index contributed by atoms with van der Waals surface area (Å²) in [4.78, 5) is 0. The summed E-state index contributed by atoms with van der Waals surface area (Å²) >= 11 is 0. The van der Waals surface area contributed by atoms with Crippen LogP contribution in [0.3, 0.4) is 0 Å². The van der Waals surface area contributed by atoms with E-state index in [9.17, 15) is 0 Å². The molecule has 0 heterocycles. The van der Waals surface area contributed by atoms with E-state index in [-0.39, 0.29) is 50.7 Å². The molecule has 2 rings (SSSR count). The predicted molar refractivity (Wildman–Crippen MR) is 99.8 cm³/mol. The van der Waals surface area contributed by atoms with Crippen LogP contribution in [0.4, 0.5) is 0 Å². The summed E-state index contributed by atoms with van der Waals surface area (Å²) in [7, 11) is 0. The first kappa shape index (κ1) is 29.9. The number of rotatable bonds is 10. The second-order valence-corrected chi connectivity index (χ2v) is 6.21. The van der Waals surface area contributed by atoms with E-state index in [1.54, 1.807) is 0 Å². The monoisotopic (exact) mass is 548 g/mol. The van der Waals surface area contributed by atoms with Gasteiger partial charge in [0.25, 0.3) is 0 Å². The van der Waals surface area contributed by atoms with Crippen molar-refractivity contribution >= 4 is 0 Å². The fraction of sp³-hybridized carbons (Fsp3) is 0.545. The van der Waals surface area contributed by atoms with Gasteiger partial charge in [0.05, 0.1) is 0 Å². The zero-order chi connectivity index (χ0) is 15.9. The minimum absolute atomic E-state index is 0. The molecule has 0 saturated carbocycles. The topological polar surface area (TPSA) is 0 Å². The Hall–Kier alpha value is 0.150. The zero-order valence-electron chi connectivity index (χ0n) is 15.9. The van der Waals surface area contributed by atoms with E-state index >= 15 is 0 Å². The maximum absolute atomic E-state index is 2.25. The molecule has 0 spiro atoms. The summed E-state index contributed by atoms with van der Waals surface area (Å²) in [6.45, 7) is 4.50. The summed E-state index contributed by atoms with van der Waals surface area (Å²) in [6, 6.07) is 17.3. The van der Waals surface area contributed by atoms with E-state index in [0.29, 0.717) is 0 Å². The molecular weight excluding hydrogens is 514 g/mol. The van der Waals surface area contributed by atoms with Gasteiger partial charge in [-0.25, -0.2) is 24.3 Å². The van der Waals surface area contributed by atoms with Gasteiger partial charge in [-0.15, -0.1) is 0 Å². The second kappa shape index (κ2) is 22.2. The van der Waals surface area contributed by atoms with Gasteiger partial charge in [0.1, 0.15) is 0 Å². The summed E-state index contributed by atoms with van der Waals surface area (Å²) in [6.07, 6.45) is 13.5. The molecule has 0 aliphatic carbocycles. The van der Waals surface area contributed by atoms with Crippen LogP contribution in [0.15, 0.2) is 48.5 Å². The third kappa shape index (κ3) is 17.3. The van der Waals surface area contributed by atoms with Crippen LogP contribution in [-0.4, -0.2) is 0 Å². The predicted octanol–water partition coefficient (Wildman–Crippen LogP) is 1.06. The van der Waals surface area contributed by atoms with Crippen molar-refractivity contribution in [2.24, 2.45) is 0 Å². The van der Waals surface area contributed by atoms with E-state index in [0.717, 1.165) is 0 Å². The van der Waals surface area contributed by atoms with Crippen molar-refractivity contribution < 1.29 is 50.7 Å². The molecular formula is C22H34Cl2Hf. The molecule has 0 aromatic heterocycles. The fourth-order valence-corrected chi connectivity index (χ4v) is 2.67. The second-order valence-electron chi connectivity index (χ2n) is 6.21. The van der Waals surface area contributed by atoms with E-state index in [1.165, 1.54) is 75.3 Å². The van der Waals surface area contributed by atoms with Crippen LogP contribution in [0.25, 0.3) is 0 Å². The molecule has 0 saturated heterocycles. The first-order valence-electron chi connectivity index (χ1n) is 9.28. The molecule has 2 aromatic carbocycles. The van der Waals surface area contributed by atoms with Crippen molar-refractivity contribution in [1.82, 2.24) is 0 Å². The van der Waals surface area contributed by atoms with Gasteiger partial charge in [0.2, 0.25) is 0 Å². The molecule has 140 valence electrons. The molecule has 0 aliphatic heterocycles. The molecule has 0 fully saturated rings. The van der Waals surface area contributed by atoms with E-state index in [2.05, 4.69) is 62.4 Å². The molecule has 0 aliphatic rings. The number of hydrogen-bond donors (Lipinski definition) is 0. The van der Waals surface area contributed by atoms with Crippen molar-refractivity contribution in [2.45, 2.75) is 78.1 Å². The van der Waals surface area contributed by atoms with Crippen molar-refractivity contribution in [1.29, 1.82) is 0 Å². The van der Waals surface area contributed by atoms with Crippen LogP contribution in [0.5, 0.6) is 0 Å². The Bertz CT molecular complexity index is 379. The first-order chi connectivity index (χ1) is 10.9. The zero-order valence-corrected chi connectivity index (χ0v) is 21.1. The number of halogens is 2. The van der Waals surface area contributed by atoms with Crippen LogP contribution in [-0.2, 0) is 38.7 Å². The summed E-state index contributed by atoms with van der Waals surface area (Å²) in [5, 5.41) is 0. The molecule has 0 bridgehead atoms. The molecule has 3 heteroatoms. The van der Waals surface area contributed by atoms with Crippen LogP contribution < -0.4 is 24.8 Å². The van der Waals surface area contributed by atoms with Crippen LogP contribution in [0.2, 0.25) is 0 Å².